The van der Waals surface area contributed by atoms with Crippen molar-refractivity contribution < 1.29 is 9.90 Å². The lowest BCUT2D eigenvalue weighted by Crippen LogP contribution is -2.44. The summed E-state index contributed by atoms with van der Waals surface area (Å²) in [6, 6.07) is 8.51. The molecule has 1 aliphatic carbocycles. The molecule has 3 N–H and O–H groups in total. The van der Waals surface area contributed by atoms with Crippen LogP contribution in [0.1, 0.15) is 56.2 Å². The van der Waals surface area contributed by atoms with E-state index in [1.807, 2.05) is 0 Å². The smallest absolute Gasteiger partial charge is 0.315 e. The number of hydrogen-bond donors (Lipinski definition) is 3. The van der Waals surface area contributed by atoms with Gasteiger partial charge in [0.2, 0.25) is 0 Å². The van der Waals surface area contributed by atoms with Crippen LogP contribution in [-0.2, 0) is 0 Å². The molecule has 0 spiro atoms. The number of carbonyl (C=O) groups excluding carboxylic acids is 1. The Bertz CT molecular complexity index is 464. The number of carbonyl (C=O) groups is 1. The van der Waals surface area contributed by atoms with Gasteiger partial charge in [-0.3, -0.25) is 0 Å². The van der Waals surface area contributed by atoms with Gasteiger partial charge in [-0.1, -0.05) is 36.8 Å². The third-order valence-electron chi connectivity index (χ3n) is 4.63. The second-order valence-electron chi connectivity index (χ2n) is 6.39. The first kappa shape index (κ1) is 16.8. The normalized spacial score (nSPS) is 22.9. The largest absolute Gasteiger partial charge is 0.396 e. The summed E-state index contributed by atoms with van der Waals surface area (Å²) in [6.45, 7) is 4.41. The number of urea groups is 1. The summed E-state index contributed by atoms with van der Waals surface area (Å²) >= 11 is 0. The maximum absolute atomic E-state index is 12.2. The molecule has 1 unspecified atom stereocenters. The fourth-order valence-electron chi connectivity index (χ4n) is 3.09. The topological polar surface area (TPSA) is 61.4 Å². The number of benzene rings is 1. The van der Waals surface area contributed by atoms with Gasteiger partial charge in [0.1, 0.15) is 0 Å². The molecule has 2 rings (SSSR count). The molecule has 0 aromatic heterocycles. The van der Waals surface area contributed by atoms with Crippen molar-refractivity contribution in [2.24, 2.45) is 5.92 Å². The monoisotopic (exact) mass is 304 g/mol. The highest BCUT2D eigenvalue weighted by molar-refractivity contribution is 5.74. The van der Waals surface area contributed by atoms with Gasteiger partial charge in [-0.25, -0.2) is 4.79 Å². The number of nitrogens with one attached hydrogen (secondary N) is 2. The molecule has 1 saturated carbocycles. The molecule has 1 fully saturated rings. The molecule has 4 nitrogen and oxygen atoms in total. The molecule has 1 aromatic carbocycles. The van der Waals surface area contributed by atoms with Crippen molar-refractivity contribution in [3.8, 4) is 0 Å². The fourth-order valence-corrected chi connectivity index (χ4v) is 3.09. The average molecular weight is 304 g/mol. The molecule has 4 heteroatoms. The number of aliphatic hydroxyl groups excluding tert-OH is 1. The molecule has 2 amide bonds. The number of aliphatic hydroxyl groups is 1. The number of amides is 2. The Morgan fingerprint density at radius 3 is 2.41 bits per heavy atom. The van der Waals surface area contributed by atoms with Crippen LogP contribution in [0.2, 0.25) is 0 Å². The zero-order valence-electron chi connectivity index (χ0n) is 13.6. The van der Waals surface area contributed by atoms with Gasteiger partial charge in [0, 0.05) is 12.6 Å². The van der Waals surface area contributed by atoms with Crippen LogP contribution in [0.3, 0.4) is 0 Å². The van der Waals surface area contributed by atoms with Crippen LogP contribution in [0.5, 0.6) is 0 Å². The van der Waals surface area contributed by atoms with Crippen molar-refractivity contribution in [1.82, 2.24) is 10.6 Å². The van der Waals surface area contributed by atoms with E-state index in [4.69, 9.17) is 5.11 Å². The van der Waals surface area contributed by atoms with Gasteiger partial charge in [0.05, 0.1) is 6.04 Å². The van der Waals surface area contributed by atoms with E-state index in [1.54, 1.807) is 0 Å². The van der Waals surface area contributed by atoms with E-state index in [0.29, 0.717) is 5.92 Å². The van der Waals surface area contributed by atoms with Crippen LogP contribution in [0.4, 0.5) is 4.79 Å². The molecule has 122 valence electrons. The zero-order valence-corrected chi connectivity index (χ0v) is 13.6. The minimum atomic E-state index is -0.0835. The van der Waals surface area contributed by atoms with Gasteiger partial charge in [0.25, 0.3) is 0 Å². The standard InChI is InChI=1S/C18H28N2O2/c1-3-17(15-8-4-13(2)5-9-15)20-18(22)19-16-10-6-14(12-21)7-11-16/h4-5,8-9,14,16-17,21H,3,6-7,10-12H2,1-2H3,(H2,19,20,22). The van der Waals surface area contributed by atoms with E-state index in [0.717, 1.165) is 37.7 Å². The predicted octanol–water partition coefficient (Wildman–Crippen LogP) is 3.30. The van der Waals surface area contributed by atoms with Crippen LogP contribution >= 0.6 is 0 Å². The number of hydrogen-bond acceptors (Lipinski definition) is 2. The molecule has 0 heterocycles. The Balaban J connectivity index is 1.83. The Morgan fingerprint density at radius 2 is 1.86 bits per heavy atom. The Morgan fingerprint density at radius 1 is 1.23 bits per heavy atom. The predicted molar refractivity (Wildman–Crippen MR) is 88.7 cm³/mol. The lowest BCUT2D eigenvalue weighted by atomic mass is 9.87. The van der Waals surface area contributed by atoms with Gasteiger partial charge in [0.15, 0.2) is 0 Å². The summed E-state index contributed by atoms with van der Waals surface area (Å²) in [5, 5.41) is 15.3. The van der Waals surface area contributed by atoms with E-state index in [-0.39, 0.29) is 24.7 Å². The van der Waals surface area contributed by atoms with Gasteiger partial charge < -0.3 is 15.7 Å². The first-order chi connectivity index (χ1) is 10.6. The van der Waals surface area contributed by atoms with Crippen LogP contribution < -0.4 is 10.6 Å². The second kappa shape index (κ2) is 8.18. The minimum absolute atomic E-state index is 0.0504. The summed E-state index contributed by atoms with van der Waals surface area (Å²) in [5.74, 6) is 0.414. The molecule has 0 aliphatic heterocycles. The summed E-state index contributed by atoms with van der Waals surface area (Å²) < 4.78 is 0. The van der Waals surface area contributed by atoms with Crippen LogP contribution in [0.25, 0.3) is 0 Å². The number of rotatable bonds is 5. The van der Waals surface area contributed by atoms with Crippen molar-refractivity contribution in [2.45, 2.75) is 58.0 Å². The summed E-state index contributed by atoms with van der Waals surface area (Å²) in [4.78, 5) is 12.2. The highest BCUT2D eigenvalue weighted by atomic mass is 16.3. The highest BCUT2D eigenvalue weighted by Crippen LogP contribution is 2.24. The summed E-state index contributed by atoms with van der Waals surface area (Å²) in [5.41, 5.74) is 2.37. The van der Waals surface area contributed by atoms with Gasteiger partial charge >= 0.3 is 6.03 Å². The molecule has 0 bridgehead atoms. The first-order valence-corrected chi connectivity index (χ1v) is 8.36. The third-order valence-corrected chi connectivity index (χ3v) is 4.63. The van der Waals surface area contributed by atoms with Crippen molar-refractivity contribution in [2.75, 3.05) is 6.61 Å². The molecule has 1 aromatic rings. The number of aryl methyl sites for hydroxylation is 1. The highest BCUT2D eigenvalue weighted by Gasteiger charge is 2.22. The minimum Gasteiger partial charge on any atom is -0.396 e. The maximum Gasteiger partial charge on any atom is 0.315 e. The van der Waals surface area contributed by atoms with Crippen molar-refractivity contribution in [3.63, 3.8) is 0 Å². The molecule has 22 heavy (non-hydrogen) atoms. The fraction of sp³-hybridized carbons (Fsp3) is 0.611. The lowest BCUT2D eigenvalue weighted by Gasteiger charge is -2.28. The van der Waals surface area contributed by atoms with E-state index in [9.17, 15) is 4.79 Å². The zero-order chi connectivity index (χ0) is 15.9. The summed E-state index contributed by atoms with van der Waals surface area (Å²) in [7, 11) is 0. The summed E-state index contributed by atoms with van der Waals surface area (Å²) in [6.07, 6.45) is 4.78. The van der Waals surface area contributed by atoms with Gasteiger partial charge in [-0.05, 0) is 50.5 Å². The maximum atomic E-state index is 12.2. The van der Waals surface area contributed by atoms with E-state index in [2.05, 4.69) is 48.7 Å². The molecule has 1 aliphatic rings. The van der Waals surface area contributed by atoms with E-state index < -0.39 is 0 Å². The molecule has 0 saturated heterocycles. The molecular weight excluding hydrogens is 276 g/mol. The second-order valence-corrected chi connectivity index (χ2v) is 6.39. The van der Waals surface area contributed by atoms with Crippen molar-refractivity contribution in [1.29, 1.82) is 0 Å². The van der Waals surface area contributed by atoms with Crippen molar-refractivity contribution >= 4 is 6.03 Å². The Labute approximate surface area is 133 Å². The van der Waals surface area contributed by atoms with Crippen LogP contribution in [-0.4, -0.2) is 23.8 Å². The van der Waals surface area contributed by atoms with E-state index >= 15 is 0 Å². The average Bonchev–Trinajstić information content (AvgIpc) is 2.54. The van der Waals surface area contributed by atoms with Gasteiger partial charge in [-0.2, -0.15) is 0 Å². The van der Waals surface area contributed by atoms with Crippen LogP contribution in [0, 0.1) is 12.8 Å². The lowest BCUT2D eigenvalue weighted by molar-refractivity contribution is 0.174. The molecular formula is C18H28N2O2. The van der Waals surface area contributed by atoms with Crippen molar-refractivity contribution in [3.05, 3.63) is 35.4 Å². The van der Waals surface area contributed by atoms with Gasteiger partial charge in [-0.15, -0.1) is 0 Å². The Hall–Kier alpha value is -1.55. The first-order valence-electron chi connectivity index (χ1n) is 8.36. The Kier molecular flexibility index (Phi) is 6.25. The van der Waals surface area contributed by atoms with Crippen LogP contribution in [0.15, 0.2) is 24.3 Å². The molecule has 0 radical (unpaired) electrons. The quantitative estimate of drug-likeness (QED) is 0.781. The third kappa shape index (κ3) is 4.73. The SMILES string of the molecule is CCC(NC(=O)NC1CCC(CO)CC1)c1ccc(C)cc1. The molecule has 1 atom stereocenters. The van der Waals surface area contributed by atoms with E-state index in [1.165, 1.54) is 5.56 Å².